The van der Waals surface area contributed by atoms with Crippen LogP contribution in [0.15, 0.2) is 16.5 Å². The molecule has 2 nitrogen and oxygen atoms in total. The summed E-state index contributed by atoms with van der Waals surface area (Å²) in [5, 5.41) is 4.38. The van der Waals surface area contributed by atoms with Crippen LogP contribution in [0.5, 0.6) is 0 Å². The molecular weight excluding hydrogens is 168 g/mol. The van der Waals surface area contributed by atoms with E-state index in [1.165, 1.54) is 11.3 Å². The lowest BCUT2D eigenvalue weighted by atomic mass is 9.97. The molecule has 1 atom stereocenters. The molecule has 1 aliphatic heterocycles. The van der Waals surface area contributed by atoms with Crippen LogP contribution in [0, 0.1) is 0 Å². The number of thioether (sulfide) groups is 1. The molecule has 0 aromatic rings. The molecule has 1 saturated heterocycles. The predicted molar refractivity (Wildman–Crippen MR) is 56.5 cm³/mol. The first-order valence-electron chi connectivity index (χ1n) is 4.24. The molecule has 0 aromatic heterocycles. The van der Waals surface area contributed by atoms with Crippen LogP contribution in [0.2, 0.25) is 0 Å². The zero-order chi connectivity index (χ0) is 9.19. The molecule has 0 aliphatic carbocycles. The molecule has 12 heavy (non-hydrogen) atoms. The standard InChI is InChI=1S/C9H16N2S/c1-5-6-9(3)7(2)12-8(10-4)11-9/h2,5-6H2,1,3-4H3,(H,10,11). The Balaban J connectivity index is 2.74. The summed E-state index contributed by atoms with van der Waals surface area (Å²) >= 11 is 1.66. The molecule has 1 unspecified atom stereocenters. The summed E-state index contributed by atoms with van der Waals surface area (Å²) in [7, 11) is 1.81. The Hall–Kier alpha value is -0.440. The first-order valence-corrected chi connectivity index (χ1v) is 5.06. The SMILES string of the molecule is C=C1SC(=NC)NC1(C)CCC. The molecule has 0 spiro atoms. The van der Waals surface area contributed by atoms with E-state index in [0.29, 0.717) is 0 Å². The monoisotopic (exact) mass is 184 g/mol. The van der Waals surface area contributed by atoms with E-state index >= 15 is 0 Å². The lowest BCUT2D eigenvalue weighted by Gasteiger charge is -2.23. The van der Waals surface area contributed by atoms with E-state index in [9.17, 15) is 0 Å². The third kappa shape index (κ3) is 1.66. The van der Waals surface area contributed by atoms with Gasteiger partial charge in [-0.25, -0.2) is 0 Å². The van der Waals surface area contributed by atoms with Crippen molar-refractivity contribution >= 4 is 16.9 Å². The zero-order valence-electron chi connectivity index (χ0n) is 7.98. The van der Waals surface area contributed by atoms with Crippen LogP contribution in [0.25, 0.3) is 0 Å². The third-order valence-corrected chi connectivity index (χ3v) is 3.35. The van der Waals surface area contributed by atoms with E-state index in [1.54, 1.807) is 18.8 Å². The van der Waals surface area contributed by atoms with Crippen molar-refractivity contribution in [2.75, 3.05) is 7.05 Å². The van der Waals surface area contributed by atoms with Crippen LogP contribution in [-0.2, 0) is 0 Å². The van der Waals surface area contributed by atoms with Gasteiger partial charge in [0, 0.05) is 12.0 Å². The number of hydrogen-bond acceptors (Lipinski definition) is 2. The molecule has 1 N–H and O–H groups in total. The summed E-state index contributed by atoms with van der Waals surface area (Å²) in [6, 6.07) is 0. The van der Waals surface area contributed by atoms with E-state index in [4.69, 9.17) is 0 Å². The number of nitrogens with one attached hydrogen (secondary N) is 1. The smallest absolute Gasteiger partial charge is 0.161 e. The minimum Gasteiger partial charge on any atom is -0.355 e. The van der Waals surface area contributed by atoms with Crippen molar-refractivity contribution < 1.29 is 0 Å². The zero-order valence-corrected chi connectivity index (χ0v) is 8.79. The van der Waals surface area contributed by atoms with Crippen molar-refractivity contribution in [3.63, 3.8) is 0 Å². The Bertz CT molecular complexity index is 223. The number of nitrogens with zero attached hydrogens (tertiary/aromatic N) is 1. The molecule has 0 aromatic carbocycles. The minimum atomic E-state index is 0.0637. The Morgan fingerprint density at radius 1 is 1.67 bits per heavy atom. The van der Waals surface area contributed by atoms with Gasteiger partial charge in [0.2, 0.25) is 0 Å². The minimum absolute atomic E-state index is 0.0637. The topological polar surface area (TPSA) is 24.4 Å². The summed E-state index contributed by atoms with van der Waals surface area (Å²) in [5.41, 5.74) is 0.0637. The highest BCUT2D eigenvalue weighted by molar-refractivity contribution is 8.17. The Labute approximate surface area is 78.5 Å². The van der Waals surface area contributed by atoms with E-state index < -0.39 is 0 Å². The maximum absolute atomic E-state index is 4.12. The summed E-state index contributed by atoms with van der Waals surface area (Å²) in [5.74, 6) is 0. The fraction of sp³-hybridized carbons (Fsp3) is 0.667. The first-order chi connectivity index (χ1) is 5.62. The number of hydrogen-bond donors (Lipinski definition) is 1. The molecule has 1 fully saturated rings. The van der Waals surface area contributed by atoms with Gasteiger partial charge in [-0.05, 0) is 13.3 Å². The second-order valence-electron chi connectivity index (χ2n) is 3.26. The summed E-state index contributed by atoms with van der Waals surface area (Å²) in [4.78, 5) is 5.31. The van der Waals surface area contributed by atoms with Gasteiger partial charge in [-0.2, -0.15) is 0 Å². The van der Waals surface area contributed by atoms with Crippen LogP contribution in [0.1, 0.15) is 26.7 Å². The molecule has 1 rings (SSSR count). The molecule has 3 heteroatoms. The molecule has 0 saturated carbocycles. The van der Waals surface area contributed by atoms with Gasteiger partial charge in [0.25, 0.3) is 0 Å². The van der Waals surface area contributed by atoms with E-state index in [1.807, 2.05) is 0 Å². The van der Waals surface area contributed by atoms with Crippen LogP contribution in [0.4, 0.5) is 0 Å². The largest absolute Gasteiger partial charge is 0.355 e. The van der Waals surface area contributed by atoms with Gasteiger partial charge in [0.05, 0.1) is 5.54 Å². The van der Waals surface area contributed by atoms with Crippen molar-refractivity contribution in [3.8, 4) is 0 Å². The van der Waals surface area contributed by atoms with Gasteiger partial charge < -0.3 is 5.32 Å². The average Bonchev–Trinajstić information content (AvgIpc) is 2.29. The second kappa shape index (κ2) is 3.52. The van der Waals surface area contributed by atoms with Crippen molar-refractivity contribution in [2.45, 2.75) is 32.2 Å². The fourth-order valence-corrected chi connectivity index (χ4v) is 2.34. The molecule has 0 radical (unpaired) electrons. The normalized spacial score (nSPS) is 32.6. The van der Waals surface area contributed by atoms with Crippen molar-refractivity contribution in [1.82, 2.24) is 5.32 Å². The molecule has 0 bridgehead atoms. The average molecular weight is 184 g/mol. The van der Waals surface area contributed by atoms with Crippen LogP contribution < -0.4 is 5.32 Å². The fourth-order valence-electron chi connectivity index (χ4n) is 1.36. The predicted octanol–water partition coefficient (Wildman–Crippen LogP) is 2.38. The first kappa shape index (κ1) is 9.65. The molecular formula is C9H16N2S. The highest BCUT2D eigenvalue weighted by Crippen LogP contribution is 2.36. The van der Waals surface area contributed by atoms with Gasteiger partial charge in [0.1, 0.15) is 0 Å². The lowest BCUT2D eigenvalue weighted by Crippen LogP contribution is -2.39. The van der Waals surface area contributed by atoms with Gasteiger partial charge in [-0.1, -0.05) is 31.7 Å². The van der Waals surface area contributed by atoms with Crippen LogP contribution in [0.3, 0.4) is 0 Å². The van der Waals surface area contributed by atoms with E-state index in [2.05, 4.69) is 30.7 Å². The Kier molecular flexibility index (Phi) is 2.83. The molecule has 1 heterocycles. The van der Waals surface area contributed by atoms with Crippen molar-refractivity contribution in [3.05, 3.63) is 11.5 Å². The lowest BCUT2D eigenvalue weighted by molar-refractivity contribution is 0.476. The van der Waals surface area contributed by atoms with Crippen molar-refractivity contribution in [2.24, 2.45) is 4.99 Å². The van der Waals surface area contributed by atoms with Crippen molar-refractivity contribution in [1.29, 1.82) is 0 Å². The highest BCUT2D eigenvalue weighted by atomic mass is 32.2. The van der Waals surface area contributed by atoms with E-state index in [-0.39, 0.29) is 5.54 Å². The third-order valence-electron chi connectivity index (χ3n) is 2.17. The quantitative estimate of drug-likeness (QED) is 0.712. The second-order valence-corrected chi connectivity index (χ2v) is 4.34. The summed E-state index contributed by atoms with van der Waals surface area (Å²) < 4.78 is 0. The van der Waals surface area contributed by atoms with Gasteiger partial charge >= 0.3 is 0 Å². The maximum Gasteiger partial charge on any atom is 0.161 e. The van der Waals surface area contributed by atoms with E-state index in [0.717, 1.165) is 11.6 Å². The molecule has 0 amide bonds. The number of amidine groups is 1. The Morgan fingerprint density at radius 2 is 2.33 bits per heavy atom. The molecule has 68 valence electrons. The highest BCUT2D eigenvalue weighted by Gasteiger charge is 2.35. The number of aliphatic imine (C=N–C) groups is 1. The van der Waals surface area contributed by atoms with Crippen LogP contribution >= 0.6 is 11.8 Å². The van der Waals surface area contributed by atoms with Gasteiger partial charge in [-0.15, -0.1) is 0 Å². The Morgan fingerprint density at radius 3 is 2.75 bits per heavy atom. The number of rotatable bonds is 2. The summed E-state index contributed by atoms with van der Waals surface area (Å²) in [6.07, 6.45) is 2.29. The van der Waals surface area contributed by atoms with Gasteiger partial charge in [-0.3, -0.25) is 4.99 Å². The maximum atomic E-state index is 4.12. The molecule has 1 aliphatic rings. The van der Waals surface area contributed by atoms with Gasteiger partial charge in [0.15, 0.2) is 5.17 Å². The summed E-state index contributed by atoms with van der Waals surface area (Å²) in [6.45, 7) is 8.41. The van der Waals surface area contributed by atoms with Crippen LogP contribution in [-0.4, -0.2) is 17.8 Å².